The van der Waals surface area contributed by atoms with Gasteiger partial charge in [-0.05, 0) is 36.4 Å². The first kappa shape index (κ1) is 17.9. The van der Waals surface area contributed by atoms with E-state index in [9.17, 15) is 21.6 Å². The van der Waals surface area contributed by atoms with Crippen LogP contribution in [0.5, 0.6) is 5.75 Å². The summed E-state index contributed by atoms with van der Waals surface area (Å²) in [5, 5.41) is 0. The number of halogens is 3. The molecule has 1 aliphatic heterocycles. The van der Waals surface area contributed by atoms with Crippen molar-refractivity contribution in [1.29, 1.82) is 0 Å². The van der Waals surface area contributed by atoms with Gasteiger partial charge in [-0.3, -0.25) is 0 Å². The summed E-state index contributed by atoms with van der Waals surface area (Å²) in [6.45, 7) is 0. The molecule has 0 saturated carbocycles. The van der Waals surface area contributed by atoms with E-state index in [1.54, 1.807) is 18.2 Å². The van der Waals surface area contributed by atoms with Crippen LogP contribution in [0.15, 0.2) is 97.3 Å². The summed E-state index contributed by atoms with van der Waals surface area (Å²) in [7, 11) is -4.71. The van der Waals surface area contributed by atoms with Crippen LogP contribution in [-0.2, 0) is 20.7 Å². The quantitative estimate of drug-likeness (QED) is 0.446. The zero-order valence-electron chi connectivity index (χ0n) is 13.6. The molecule has 1 heterocycles. The van der Waals surface area contributed by atoms with E-state index in [1.165, 1.54) is 12.1 Å². The minimum atomic E-state index is -4.90. The third-order valence-electron chi connectivity index (χ3n) is 4.00. The maximum absolute atomic E-state index is 13.1. The van der Waals surface area contributed by atoms with Crippen LogP contribution in [0.25, 0.3) is 0 Å². The predicted molar refractivity (Wildman–Crippen MR) is 93.6 cm³/mol. The van der Waals surface area contributed by atoms with E-state index in [-0.39, 0.29) is 9.79 Å². The van der Waals surface area contributed by atoms with E-state index < -0.39 is 32.8 Å². The van der Waals surface area contributed by atoms with Crippen molar-refractivity contribution in [3.05, 3.63) is 72.8 Å². The average Bonchev–Trinajstić information content (AvgIpc) is 2.62. The van der Waals surface area contributed by atoms with Gasteiger partial charge in [0, 0.05) is 6.07 Å². The zero-order chi connectivity index (χ0) is 19.2. The molecule has 0 bridgehead atoms. The van der Waals surface area contributed by atoms with Gasteiger partial charge in [-0.25, -0.2) is 8.42 Å². The maximum Gasteiger partial charge on any atom is 0.573 e. The number of sulfone groups is 1. The van der Waals surface area contributed by atoms with Gasteiger partial charge < -0.3 is 4.74 Å². The Hall–Kier alpha value is -2.45. The fourth-order valence-corrected chi connectivity index (χ4v) is 7.66. The highest BCUT2D eigenvalue weighted by atomic mass is 32.2. The van der Waals surface area contributed by atoms with Crippen molar-refractivity contribution in [1.82, 2.24) is 0 Å². The summed E-state index contributed by atoms with van der Waals surface area (Å²) in [6, 6.07) is 19.4. The van der Waals surface area contributed by atoms with Crippen molar-refractivity contribution in [2.75, 3.05) is 0 Å². The summed E-state index contributed by atoms with van der Waals surface area (Å²) >= 11 is 0. The molecule has 1 atom stereocenters. The number of fused-ring (bicyclic) bond motifs is 2. The summed E-state index contributed by atoms with van der Waals surface area (Å²) in [5.41, 5.74) is 0. The first-order valence-electron chi connectivity index (χ1n) is 7.81. The van der Waals surface area contributed by atoms with Crippen molar-refractivity contribution in [3.63, 3.8) is 0 Å². The van der Waals surface area contributed by atoms with E-state index in [0.29, 0.717) is 9.79 Å². The third-order valence-corrected chi connectivity index (χ3v) is 8.44. The highest BCUT2D eigenvalue weighted by Crippen LogP contribution is 2.46. The molecule has 138 valence electrons. The Morgan fingerprint density at radius 2 is 1.41 bits per heavy atom. The average molecular weight is 409 g/mol. The van der Waals surface area contributed by atoms with Crippen molar-refractivity contribution in [2.45, 2.75) is 30.8 Å². The summed E-state index contributed by atoms with van der Waals surface area (Å²) in [5.74, 6) is -0.555. The topological polar surface area (TPSA) is 43.4 Å². The van der Waals surface area contributed by atoms with Crippen molar-refractivity contribution in [3.8, 4) is 5.75 Å². The van der Waals surface area contributed by atoms with Crippen LogP contribution in [0, 0.1) is 0 Å². The van der Waals surface area contributed by atoms with Crippen LogP contribution in [0.1, 0.15) is 0 Å². The normalized spacial score (nSPS) is 17.7. The first-order valence-corrected chi connectivity index (χ1v) is 10.5. The molecule has 3 aromatic carbocycles. The molecule has 8 heteroatoms. The zero-order valence-corrected chi connectivity index (χ0v) is 15.2. The van der Waals surface area contributed by atoms with Crippen LogP contribution in [0.3, 0.4) is 0 Å². The van der Waals surface area contributed by atoms with Crippen molar-refractivity contribution < 1.29 is 26.3 Å². The van der Waals surface area contributed by atoms with E-state index in [0.717, 1.165) is 17.0 Å². The van der Waals surface area contributed by atoms with Gasteiger partial charge in [-0.1, -0.05) is 30.3 Å². The van der Waals surface area contributed by atoms with Gasteiger partial charge in [-0.15, -0.1) is 13.2 Å². The fourth-order valence-electron chi connectivity index (χ4n) is 2.95. The molecular weight excluding hydrogens is 397 g/mol. The molecule has 0 aliphatic carbocycles. The predicted octanol–water partition coefficient (Wildman–Crippen LogP) is 4.83. The van der Waals surface area contributed by atoms with Crippen molar-refractivity contribution in [2.24, 2.45) is 0 Å². The smallest absolute Gasteiger partial charge is 0.406 e. The SMILES string of the molecule is O=S1(=O)c2ccccc2[S+](c2ccccc2)c2ccc(OC(F)(F)F)cc21. The molecule has 0 saturated heterocycles. The minimum Gasteiger partial charge on any atom is -0.406 e. The number of hydrogen-bond donors (Lipinski definition) is 0. The Labute approximate surface area is 156 Å². The Morgan fingerprint density at radius 1 is 0.778 bits per heavy atom. The van der Waals surface area contributed by atoms with Gasteiger partial charge in [0.05, 0.1) is 0 Å². The lowest BCUT2D eigenvalue weighted by molar-refractivity contribution is -0.274. The number of rotatable bonds is 2. The lowest BCUT2D eigenvalue weighted by atomic mass is 10.3. The highest BCUT2D eigenvalue weighted by molar-refractivity contribution is 8.00. The van der Waals surface area contributed by atoms with Gasteiger partial charge in [0.1, 0.15) is 26.4 Å². The number of hydrogen-bond acceptors (Lipinski definition) is 3. The van der Waals surface area contributed by atoms with E-state index >= 15 is 0 Å². The van der Waals surface area contributed by atoms with Crippen molar-refractivity contribution >= 4 is 20.7 Å². The molecule has 27 heavy (non-hydrogen) atoms. The molecule has 4 rings (SSSR count). The van der Waals surface area contributed by atoms with Gasteiger partial charge in [-0.2, -0.15) is 0 Å². The van der Waals surface area contributed by atoms with Gasteiger partial charge in [0.2, 0.25) is 9.84 Å². The molecular formula is C19H12F3O3S2+. The molecule has 0 aromatic heterocycles. The second kappa shape index (κ2) is 6.31. The molecule has 3 nitrogen and oxygen atoms in total. The van der Waals surface area contributed by atoms with E-state index in [1.807, 2.05) is 30.3 Å². The monoisotopic (exact) mass is 409 g/mol. The second-order valence-electron chi connectivity index (χ2n) is 5.73. The van der Waals surface area contributed by atoms with Crippen LogP contribution < -0.4 is 4.74 Å². The molecule has 0 fully saturated rings. The second-order valence-corrected chi connectivity index (χ2v) is 9.58. The maximum atomic E-state index is 13.1. The summed E-state index contributed by atoms with van der Waals surface area (Å²) < 4.78 is 67.8. The van der Waals surface area contributed by atoms with Crippen LogP contribution in [0.2, 0.25) is 0 Å². The van der Waals surface area contributed by atoms with Gasteiger partial charge >= 0.3 is 6.36 Å². The molecule has 0 amide bonds. The Balaban J connectivity index is 1.98. The summed E-state index contributed by atoms with van der Waals surface area (Å²) in [4.78, 5) is 1.91. The molecule has 3 aromatic rings. The standard InChI is InChI=1S/C19H12F3O3S2/c20-19(21,22)25-13-10-11-16-18(12-13)27(23,24)17-9-5-4-8-15(17)26(16)14-6-2-1-3-7-14/h1-12H/q+1. The Morgan fingerprint density at radius 3 is 2.11 bits per heavy atom. The summed E-state index contributed by atoms with van der Waals surface area (Å²) in [6.07, 6.45) is -4.90. The lowest BCUT2D eigenvalue weighted by Gasteiger charge is -2.20. The van der Waals surface area contributed by atoms with Crippen LogP contribution in [0.4, 0.5) is 13.2 Å². The molecule has 1 unspecified atom stereocenters. The fraction of sp³-hybridized carbons (Fsp3) is 0.0526. The molecule has 0 spiro atoms. The number of ether oxygens (including phenoxy) is 1. The Kier molecular flexibility index (Phi) is 4.20. The highest BCUT2D eigenvalue weighted by Gasteiger charge is 2.45. The van der Waals surface area contributed by atoms with Gasteiger partial charge in [0.25, 0.3) is 0 Å². The lowest BCUT2D eigenvalue weighted by Crippen LogP contribution is -2.21. The van der Waals surface area contributed by atoms with Crippen LogP contribution in [-0.4, -0.2) is 14.8 Å². The largest absolute Gasteiger partial charge is 0.573 e. The van der Waals surface area contributed by atoms with E-state index in [4.69, 9.17) is 0 Å². The molecule has 0 radical (unpaired) electrons. The van der Waals surface area contributed by atoms with E-state index in [2.05, 4.69) is 4.74 Å². The Bertz CT molecular complexity index is 1110. The third kappa shape index (κ3) is 3.19. The van der Waals surface area contributed by atoms with Gasteiger partial charge in [0.15, 0.2) is 14.7 Å². The van der Waals surface area contributed by atoms with Crippen LogP contribution >= 0.6 is 0 Å². The molecule has 0 N–H and O–H groups in total. The number of alkyl halides is 3. The first-order chi connectivity index (χ1) is 12.8. The molecule has 1 aliphatic rings. The minimum absolute atomic E-state index is 0.105. The number of benzene rings is 3.